The predicted molar refractivity (Wildman–Crippen MR) is 109 cm³/mol. The second-order valence-electron chi connectivity index (χ2n) is 8.02. The van der Waals surface area contributed by atoms with Crippen LogP contribution in [0.5, 0.6) is 0 Å². The minimum absolute atomic E-state index is 0.0695. The van der Waals surface area contributed by atoms with Gasteiger partial charge in [0.1, 0.15) is 5.82 Å². The lowest BCUT2D eigenvalue weighted by Crippen LogP contribution is -2.40. The first-order valence-corrected chi connectivity index (χ1v) is 10.6. The third-order valence-electron chi connectivity index (χ3n) is 5.84. The second-order valence-corrected chi connectivity index (χ2v) is 8.93. The normalized spacial score (nSPS) is 22.3. The Balaban J connectivity index is 1.63. The zero-order valence-electron chi connectivity index (χ0n) is 16.4. The summed E-state index contributed by atoms with van der Waals surface area (Å²) in [5.74, 6) is 0.391. The highest BCUT2D eigenvalue weighted by Crippen LogP contribution is 2.43. The van der Waals surface area contributed by atoms with Crippen molar-refractivity contribution in [3.63, 3.8) is 0 Å². The molecule has 2 atom stereocenters. The van der Waals surface area contributed by atoms with Gasteiger partial charge in [-0.15, -0.1) is 0 Å². The van der Waals surface area contributed by atoms with Crippen molar-refractivity contribution in [2.45, 2.75) is 39.0 Å². The Labute approximate surface area is 173 Å². The van der Waals surface area contributed by atoms with Gasteiger partial charge in [-0.05, 0) is 23.6 Å². The average molecular weight is 448 g/mol. The predicted octanol–water partition coefficient (Wildman–Crippen LogP) is 4.15. The molecule has 1 aromatic carbocycles. The number of ether oxygens (including phenoxy) is 2. The van der Waals surface area contributed by atoms with Gasteiger partial charge in [0.2, 0.25) is 5.91 Å². The molecule has 2 fully saturated rings. The van der Waals surface area contributed by atoms with E-state index in [-0.39, 0.29) is 23.8 Å². The maximum Gasteiger partial charge on any atom is 0.226 e. The van der Waals surface area contributed by atoms with Crippen LogP contribution in [0.25, 0.3) is 11.3 Å². The zero-order chi connectivity index (χ0) is 19.9. The van der Waals surface area contributed by atoms with E-state index in [0.29, 0.717) is 26.2 Å². The minimum atomic E-state index is -0.707. The first kappa shape index (κ1) is 19.6. The van der Waals surface area contributed by atoms with Crippen molar-refractivity contribution in [1.29, 1.82) is 0 Å². The molecule has 0 radical (unpaired) electrons. The van der Waals surface area contributed by atoms with E-state index in [0.717, 1.165) is 21.6 Å². The molecule has 1 spiro atoms. The summed E-state index contributed by atoms with van der Waals surface area (Å²) >= 11 is 3.46. The number of nitrogens with one attached hydrogen (secondary N) is 1. The van der Waals surface area contributed by atoms with Gasteiger partial charge in [-0.25, -0.2) is 4.98 Å². The van der Waals surface area contributed by atoms with E-state index >= 15 is 0 Å². The van der Waals surface area contributed by atoms with Crippen molar-refractivity contribution in [2.75, 3.05) is 19.8 Å². The molecule has 2 saturated heterocycles. The molecule has 4 rings (SSSR count). The largest absolute Gasteiger partial charge is 0.346 e. The van der Waals surface area contributed by atoms with Crippen molar-refractivity contribution in [3.8, 4) is 11.3 Å². The Kier molecular flexibility index (Phi) is 5.33. The second kappa shape index (κ2) is 7.61. The molecular formula is C21H26BrN3O3. The quantitative estimate of drug-likeness (QED) is 0.764. The number of aromatic amines is 1. The lowest BCUT2D eigenvalue weighted by Gasteiger charge is -2.28. The Morgan fingerprint density at radius 1 is 1.25 bits per heavy atom. The molecule has 1 aromatic heterocycles. The third-order valence-corrected chi connectivity index (χ3v) is 6.37. The molecule has 0 bridgehead atoms. The van der Waals surface area contributed by atoms with Crippen LogP contribution in [0.4, 0.5) is 0 Å². The van der Waals surface area contributed by atoms with E-state index in [1.54, 1.807) is 0 Å². The number of H-pyrrole nitrogens is 1. The van der Waals surface area contributed by atoms with Crippen LogP contribution in [0, 0.1) is 11.8 Å². The summed E-state index contributed by atoms with van der Waals surface area (Å²) in [5, 5.41) is 0. The molecule has 7 heteroatoms. The van der Waals surface area contributed by atoms with Crippen LogP contribution >= 0.6 is 15.9 Å². The van der Waals surface area contributed by atoms with Gasteiger partial charge in [0, 0.05) is 16.8 Å². The summed E-state index contributed by atoms with van der Waals surface area (Å²) in [6, 6.07) is 7.88. The Morgan fingerprint density at radius 3 is 2.57 bits per heavy atom. The fourth-order valence-corrected chi connectivity index (χ4v) is 4.11. The number of rotatable bonds is 4. The maximum absolute atomic E-state index is 13.2. The van der Waals surface area contributed by atoms with Crippen LogP contribution in [0.2, 0.25) is 0 Å². The highest BCUT2D eigenvalue weighted by molar-refractivity contribution is 9.10. The van der Waals surface area contributed by atoms with Crippen LogP contribution < -0.4 is 0 Å². The lowest BCUT2D eigenvalue weighted by atomic mass is 9.96. The fraction of sp³-hybridized carbons (Fsp3) is 0.524. The molecule has 2 aliphatic heterocycles. The van der Waals surface area contributed by atoms with E-state index in [4.69, 9.17) is 9.47 Å². The number of halogens is 1. The molecule has 3 heterocycles. The minimum Gasteiger partial charge on any atom is -0.346 e. The van der Waals surface area contributed by atoms with Gasteiger partial charge in [-0.2, -0.15) is 0 Å². The van der Waals surface area contributed by atoms with Crippen molar-refractivity contribution in [2.24, 2.45) is 11.8 Å². The summed E-state index contributed by atoms with van der Waals surface area (Å²) in [5.41, 5.74) is 1.98. The fourth-order valence-electron chi connectivity index (χ4n) is 3.85. The van der Waals surface area contributed by atoms with E-state index in [1.165, 1.54) is 0 Å². The SMILES string of the molecule is CC(C)[C@H](C)C(=O)N1CC2(C[C@H]1c1ncc(-c3ccc(Br)cc3)[nH]1)OCCO2. The molecule has 0 unspecified atom stereocenters. The number of carbonyl (C=O) groups excluding carboxylic acids is 1. The third kappa shape index (κ3) is 3.63. The molecule has 2 aromatic rings. The average Bonchev–Trinajstić information content (AvgIpc) is 3.41. The van der Waals surface area contributed by atoms with Gasteiger partial charge in [0.05, 0.1) is 37.7 Å². The number of imidazole rings is 1. The smallest absolute Gasteiger partial charge is 0.226 e. The lowest BCUT2D eigenvalue weighted by molar-refractivity contribution is -0.154. The molecular weight excluding hydrogens is 422 g/mol. The summed E-state index contributed by atoms with van der Waals surface area (Å²) < 4.78 is 12.9. The number of nitrogens with zero attached hydrogens (tertiary/aromatic N) is 2. The monoisotopic (exact) mass is 447 g/mol. The highest BCUT2D eigenvalue weighted by Gasteiger charge is 2.52. The molecule has 2 aliphatic rings. The van der Waals surface area contributed by atoms with Crippen LogP contribution in [0.15, 0.2) is 34.9 Å². The Hall–Kier alpha value is -1.70. The molecule has 0 saturated carbocycles. The number of hydrogen-bond donors (Lipinski definition) is 1. The van der Waals surface area contributed by atoms with Gasteiger partial charge in [0.25, 0.3) is 0 Å². The van der Waals surface area contributed by atoms with Crippen LogP contribution in [-0.4, -0.2) is 46.3 Å². The molecule has 1 amide bonds. The van der Waals surface area contributed by atoms with Crippen LogP contribution in [-0.2, 0) is 14.3 Å². The van der Waals surface area contributed by atoms with Crippen molar-refractivity contribution < 1.29 is 14.3 Å². The van der Waals surface area contributed by atoms with Crippen LogP contribution in [0.3, 0.4) is 0 Å². The molecule has 6 nitrogen and oxygen atoms in total. The zero-order valence-corrected chi connectivity index (χ0v) is 18.0. The molecule has 28 heavy (non-hydrogen) atoms. The maximum atomic E-state index is 13.2. The Bertz CT molecular complexity index is 843. The first-order valence-electron chi connectivity index (χ1n) is 9.78. The summed E-state index contributed by atoms with van der Waals surface area (Å²) in [6.07, 6.45) is 2.42. The van der Waals surface area contributed by atoms with Gasteiger partial charge in [0.15, 0.2) is 5.79 Å². The Morgan fingerprint density at radius 2 is 1.93 bits per heavy atom. The molecule has 0 aliphatic carbocycles. The topological polar surface area (TPSA) is 67.5 Å². The summed E-state index contributed by atoms with van der Waals surface area (Å²) in [7, 11) is 0. The molecule has 1 N–H and O–H groups in total. The van der Waals surface area contributed by atoms with E-state index < -0.39 is 5.79 Å². The van der Waals surface area contributed by atoms with Crippen molar-refractivity contribution in [1.82, 2.24) is 14.9 Å². The number of hydrogen-bond acceptors (Lipinski definition) is 4. The van der Waals surface area contributed by atoms with Gasteiger partial charge in [-0.3, -0.25) is 4.79 Å². The number of aromatic nitrogens is 2. The van der Waals surface area contributed by atoms with E-state index in [9.17, 15) is 4.79 Å². The number of benzene rings is 1. The van der Waals surface area contributed by atoms with Gasteiger partial charge < -0.3 is 19.4 Å². The van der Waals surface area contributed by atoms with E-state index in [2.05, 4.69) is 39.7 Å². The van der Waals surface area contributed by atoms with Gasteiger partial charge in [-0.1, -0.05) is 48.8 Å². The summed E-state index contributed by atoms with van der Waals surface area (Å²) in [4.78, 5) is 23.1. The number of carbonyl (C=O) groups is 1. The van der Waals surface area contributed by atoms with E-state index in [1.807, 2.05) is 42.3 Å². The summed E-state index contributed by atoms with van der Waals surface area (Å²) in [6.45, 7) is 7.71. The van der Waals surface area contributed by atoms with Crippen LogP contribution in [0.1, 0.15) is 39.1 Å². The number of likely N-dealkylation sites (tertiary alicyclic amines) is 1. The number of amides is 1. The first-order chi connectivity index (χ1) is 13.4. The van der Waals surface area contributed by atoms with Gasteiger partial charge >= 0.3 is 0 Å². The standard InChI is InChI=1S/C21H26BrN3O3/c1-13(2)14(3)20(26)25-12-21(27-8-9-28-21)10-18(25)19-23-11-17(24-19)15-4-6-16(22)7-5-15/h4-7,11,13-14,18H,8-10,12H2,1-3H3,(H,23,24)/t14-,18-/m0/s1. The van der Waals surface area contributed by atoms with Crippen molar-refractivity contribution >= 4 is 21.8 Å². The highest BCUT2D eigenvalue weighted by atomic mass is 79.9. The van der Waals surface area contributed by atoms with Crippen molar-refractivity contribution in [3.05, 3.63) is 40.8 Å². The molecule has 150 valence electrons.